The average Bonchev–Trinajstić information content (AvgIpc) is 2.28. The molecule has 0 spiro atoms. The van der Waals surface area contributed by atoms with Crippen LogP contribution >= 0.6 is 23.2 Å². The summed E-state index contributed by atoms with van der Waals surface area (Å²) in [5, 5.41) is 0.611. The van der Waals surface area contributed by atoms with Crippen molar-refractivity contribution in [1.82, 2.24) is 9.88 Å². The van der Waals surface area contributed by atoms with Crippen LogP contribution in [0.4, 0.5) is 0 Å². The van der Waals surface area contributed by atoms with Gasteiger partial charge in [-0.2, -0.15) is 0 Å². The first-order chi connectivity index (χ1) is 7.95. The zero-order valence-corrected chi connectivity index (χ0v) is 11.7. The zero-order valence-electron chi connectivity index (χ0n) is 10.2. The van der Waals surface area contributed by atoms with Crippen molar-refractivity contribution in [3.05, 3.63) is 28.0 Å². The standard InChI is InChI=1S/C12H16Cl2N2O/c1-4-16(7-8(2)3)12(17)9-5-11(14)15-6-10(9)13/h5-6,8H,4,7H2,1-3H3. The molecule has 1 aromatic heterocycles. The van der Waals surface area contributed by atoms with Gasteiger partial charge in [-0.25, -0.2) is 4.98 Å². The van der Waals surface area contributed by atoms with Crippen molar-refractivity contribution < 1.29 is 4.79 Å². The van der Waals surface area contributed by atoms with Gasteiger partial charge in [-0.1, -0.05) is 37.0 Å². The Balaban J connectivity index is 2.97. The molecule has 0 aromatic carbocycles. The number of hydrogen-bond acceptors (Lipinski definition) is 2. The number of aromatic nitrogens is 1. The van der Waals surface area contributed by atoms with Crippen molar-refractivity contribution in [1.29, 1.82) is 0 Å². The Labute approximate surface area is 112 Å². The van der Waals surface area contributed by atoms with Crippen LogP contribution in [0.25, 0.3) is 0 Å². The lowest BCUT2D eigenvalue weighted by molar-refractivity contribution is 0.0746. The number of halogens is 2. The predicted octanol–water partition coefficient (Wildman–Crippen LogP) is 3.51. The second-order valence-electron chi connectivity index (χ2n) is 4.22. The molecule has 0 aliphatic rings. The van der Waals surface area contributed by atoms with Crippen LogP contribution in [-0.2, 0) is 0 Å². The maximum atomic E-state index is 12.2. The fourth-order valence-electron chi connectivity index (χ4n) is 1.54. The Morgan fingerprint density at radius 1 is 1.47 bits per heavy atom. The Morgan fingerprint density at radius 3 is 2.65 bits per heavy atom. The van der Waals surface area contributed by atoms with E-state index in [0.717, 1.165) is 0 Å². The molecular weight excluding hydrogens is 259 g/mol. The molecule has 0 fully saturated rings. The maximum Gasteiger partial charge on any atom is 0.255 e. The van der Waals surface area contributed by atoms with Crippen LogP contribution in [0.1, 0.15) is 31.1 Å². The van der Waals surface area contributed by atoms with Crippen LogP contribution in [0, 0.1) is 5.92 Å². The average molecular weight is 275 g/mol. The molecule has 1 heterocycles. The van der Waals surface area contributed by atoms with E-state index >= 15 is 0 Å². The van der Waals surface area contributed by atoms with Crippen molar-refractivity contribution in [2.75, 3.05) is 13.1 Å². The molecule has 1 rings (SSSR count). The molecule has 1 aromatic rings. The fraction of sp³-hybridized carbons (Fsp3) is 0.500. The van der Waals surface area contributed by atoms with E-state index in [1.54, 1.807) is 4.90 Å². The smallest absolute Gasteiger partial charge is 0.255 e. The highest BCUT2D eigenvalue weighted by atomic mass is 35.5. The Bertz CT molecular complexity index is 407. The largest absolute Gasteiger partial charge is 0.339 e. The molecule has 17 heavy (non-hydrogen) atoms. The first-order valence-electron chi connectivity index (χ1n) is 5.56. The van der Waals surface area contributed by atoms with Gasteiger partial charge in [0, 0.05) is 19.3 Å². The number of amides is 1. The van der Waals surface area contributed by atoms with E-state index in [1.807, 2.05) is 6.92 Å². The third-order valence-electron chi connectivity index (χ3n) is 2.31. The number of pyridine rings is 1. The number of hydrogen-bond donors (Lipinski definition) is 0. The molecule has 0 N–H and O–H groups in total. The van der Waals surface area contributed by atoms with Gasteiger partial charge in [-0.05, 0) is 18.9 Å². The summed E-state index contributed by atoms with van der Waals surface area (Å²) < 4.78 is 0. The summed E-state index contributed by atoms with van der Waals surface area (Å²) in [7, 11) is 0. The summed E-state index contributed by atoms with van der Waals surface area (Å²) in [6.07, 6.45) is 1.40. The topological polar surface area (TPSA) is 33.2 Å². The minimum Gasteiger partial charge on any atom is -0.339 e. The second-order valence-corrected chi connectivity index (χ2v) is 5.02. The van der Waals surface area contributed by atoms with E-state index in [2.05, 4.69) is 18.8 Å². The second kappa shape index (κ2) is 6.22. The lowest BCUT2D eigenvalue weighted by Crippen LogP contribution is -2.34. The molecule has 0 atom stereocenters. The molecule has 0 saturated heterocycles. The highest BCUT2D eigenvalue weighted by molar-refractivity contribution is 6.35. The van der Waals surface area contributed by atoms with Crippen molar-refractivity contribution >= 4 is 29.1 Å². The Kier molecular flexibility index (Phi) is 5.22. The van der Waals surface area contributed by atoms with Crippen LogP contribution < -0.4 is 0 Å². The van der Waals surface area contributed by atoms with E-state index in [0.29, 0.717) is 29.6 Å². The lowest BCUT2D eigenvalue weighted by atomic mass is 10.1. The van der Waals surface area contributed by atoms with Gasteiger partial charge >= 0.3 is 0 Å². The molecule has 0 bridgehead atoms. The van der Waals surface area contributed by atoms with Gasteiger partial charge in [0.05, 0.1) is 10.6 Å². The van der Waals surface area contributed by atoms with E-state index in [-0.39, 0.29) is 11.1 Å². The normalized spacial score (nSPS) is 10.7. The molecule has 0 aliphatic heterocycles. The van der Waals surface area contributed by atoms with Crippen LogP contribution in [0.5, 0.6) is 0 Å². The van der Waals surface area contributed by atoms with Gasteiger partial charge in [0.25, 0.3) is 5.91 Å². The highest BCUT2D eigenvalue weighted by Gasteiger charge is 2.18. The molecule has 3 nitrogen and oxygen atoms in total. The first kappa shape index (κ1) is 14.3. The number of rotatable bonds is 4. The third-order valence-corrected chi connectivity index (χ3v) is 2.81. The molecule has 1 amide bonds. The van der Waals surface area contributed by atoms with Gasteiger partial charge in [0.15, 0.2) is 0 Å². The van der Waals surface area contributed by atoms with E-state index in [4.69, 9.17) is 23.2 Å². The van der Waals surface area contributed by atoms with Gasteiger partial charge in [-0.15, -0.1) is 0 Å². The molecule has 94 valence electrons. The minimum atomic E-state index is -0.101. The van der Waals surface area contributed by atoms with E-state index in [9.17, 15) is 4.79 Å². The summed E-state index contributed by atoms with van der Waals surface area (Å²) in [6.45, 7) is 7.42. The Morgan fingerprint density at radius 2 is 2.12 bits per heavy atom. The van der Waals surface area contributed by atoms with Crippen LogP contribution in [0.2, 0.25) is 10.2 Å². The molecule has 0 radical (unpaired) electrons. The van der Waals surface area contributed by atoms with Crippen LogP contribution in [0.3, 0.4) is 0 Å². The first-order valence-corrected chi connectivity index (χ1v) is 6.31. The molecule has 0 aliphatic carbocycles. The zero-order chi connectivity index (χ0) is 13.0. The summed E-state index contributed by atoms with van der Waals surface area (Å²) >= 11 is 11.7. The summed E-state index contributed by atoms with van der Waals surface area (Å²) in [4.78, 5) is 17.8. The van der Waals surface area contributed by atoms with Crippen LogP contribution in [0.15, 0.2) is 12.3 Å². The van der Waals surface area contributed by atoms with Crippen molar-refractivity contribution in [2.24, 2.45) is 5.92 Å². The summed E-state index contributed by atoms with van der Waals surface area (Å²) in [5.74, 6) is 0.311. The third kappa shape index (κ3) is 3.86. The minimum absolute atomic E-state index is 0.101. The summed E-state index contributed by atoms with van der Waals surface area (Å²) in [5.41, 5.74) is 0.411. The quantitative estimate of drug-likeness (QED) is 0.788. The highest BCUT2D eigenvalue weighted by Crippen LogP contribution is 2.20. The lowest BCUT2D eigenvalue weighted by Gasteiger charge is -2.23. The van der Waals surface area contributed by atoms with Crippen molar-refractivity contribution in [2.45, 2.75) is 20.8 Å². The number of nitrogens with zero attached hydrogens (tertiary/aromatic N) is 2. The van der Waals surface area contributed by atoms with E-state index < -0.39 is 0 Å². The Hall–Kier alpha value is -0.800. The maximum absolute atomic E-state index is 12.2. The van der Waals surface area contributed by atoms with Gasteiger partial charge in [0.1, 0.15) is 5.15 Å². The number of carbonyl (C=O) groups is 1. The van der Waals surface area contributed by atoms with Gasteiger partial charge in [0.2, 0.25) is 0 Å². The molecule has 0 saturated carbocycles. The number of carbonyl (C=O) groups excluding carboxylic acids is 1. The molecule has 0 unspecified atom stereocenters. The van der Waals surface area contributed by atoms with Crippen molar-refractivity contribution in [3.8, 4) is 0 Å². The summed E-state index contributed by atoms with van der Waals surface area (Å²) in [6, 6.07) is 1.51. The van der Waals surface area contributed by atoms with Gasteiger partial charge < -0.3 is 4.90 Å². The monoisotopic (exact) mass is 274 g/mol. The van der Waals surface area contributed by atoms with E-state index in [1.165, 1.54) is 12.3 Å². The molecular formula is C12H16Cl2N2O. The fourth-order valence-corrected chi connectivity index (χ4v) is 1.89. The van der Waals surface area contributed by atoms with Crippen LogP contribution in [-0.4, -0.2) is 28.9 Å². The molecule has 5 heteroatoms. The SMILES string of the molecule is CCN(CC(C)C)C(=O)c1cc(Cl)ncc1Cl. The van der Waals surface area contributed by atoms with Gasteiger partial charge in [-0.3, -0.25) is 4.79 Å². The predicted molar refractivity (Wildman–Crippen MR) is 70.7 cm³/mol. The van der Waals surface area contributed by atoms with Crippen molar-refractivity contribution in [3.63, 3.8) is 0 Å².